The molecule has 0 fully saturated rings. The van der Waals surface area contributed by atoms with Crippen LogP contribution in [-0.2, 0) is 6.54 Å². The van der Waals surface area contributed by atoms with Crippen LogP contribution in [0.4, 0.5) is 0 Å². The third-order valence-corrected chi connectivity index (χ3v) is 3.45. The van der Waals surface area contributed by atoms with Crippen LogP contribution in [0.15, 0.2) is 35.5 Å². The minimum atomic E-state index is -0.350. The zero-order chi connectivity index (χ0) is 15.3. The fraction of sp³-hybridized carbons (Fsp3) is 0.429. The predicted molar refractivity (Wildman–Crippen MR) is 79.7 cm³/mol. The fourth-order valence-corrected chi connectivity index (χ4v) is 1.97. The molecule has 2 rings (SSSR count). The molecule has 7 heteroatoms. The molecule has 3 N–H and O–H groups in total. The van der Waals surface area contributed by atoms with E-state index in [-0.39, 0.29) is 11.3 Å². The molecule has 0 aliphatic rings. The van der Waals surface area contributed by atoms with Crippen LogP contribution >= 0.6 is 0 Å². The summed E-state index contributed by atoms with van der Waals surface area (Å²) in [6, 6.07) is 9.72. The predicted octanol–water partition coefficient (Wildman–Crippen LogP) is 1.89. The molecule has 112 valence electrons. The Kier molecular flexibility index (Phi) is 4.52. The number of rotatable bonds is 6. The van der Waals surface area contributed by atoms with Crippen LogP contribution in [0.1, 0.15) is 26.7 Å². The standard InChI is InChI=1S/C14H20N6O/c1-14(2,13(15)18-21)9-6-10-20-17-12(16-19-20)11-7-4-3-5-8-11/h3-5,7-8,21H,6,9-10H2,1-2H3,(H2,15,18). The van der Waals surface area contributed by atoms with Crippen LogP contribution in [0.3, 0.4) is 0 Å². The van der Waals surface area contributed by atoms with Crippen molar-refractivity contribution in [2.45, 2.75) is 33.2 Å². The molecule has 0 saturated carbocycles. The molecule has 1 aromatic carbocycles. The largest absolute Gasteiger partial charge is 0.409 e. The molecular weight excluding hydrogens is 268 g/mol. The Labute approximate surface area is 123 Å². The van der Waals surface area contributed by atoms with Crippen LogP contribution in [0.25, 0.3) is 11.4 Å². The minimum absolute atomic E-state index is 0.235. The highest BCUT2D eigenvalue weighted by atomic mass is 16.4. The topological polar surface area (TPSA) is 102 Å². The van der Waals surface area contributed by atoms with E-state index in [0.29, 0.717) is 12.4 Å². The summed E-state index contributed by atoms with van der Waals surface area (Å²) in [6.45, 7) is 4.51. The smallest absolute Gasteiger partial charge is 0.204 e. The maximum Gasteiger partial charge on any atom is 0.204 e. The maximum absolute atomic E-state index is 8.74. The van der Waals surface area contributed by atoms with Crippen molar-refractivity contribution in [2.24, 2.45) is 16.3 Å². The van der Waals surface area contributed by atoms with Crippen molar-refractivity contribution >= 4 is 5.84 Å². The number of amidine groups is 1. The summed E-state index contributed by atoms with van der Waals surface area (Å²) in [5.74, 6) is 0.852. The van der Waals surface area contributed by atoms with Crippen LogP contribution in [0.2, 0.25) is 0 Å². The lowest BCUT2D eigenvalue weighted by atomic mass is 9.87. The van der Waals surface area contributed by atoms with Gasteiger partial charge in [0, 0.05) is 11.0 Å². The van der Waals surface area contributed by atoms with E-state index in [1.54, 1.807) is 4.80 Å². The van der Waals surface area contributed by atoms with Gasteiger partial charge in [-0.2, -0.15) is 4.80 Å². The molecule has 0 atom stereocenters. The van der Waals surface area contributed by atoms with Gasteiger partial charge in [-0.15, -0.1) is 10.2 Å². The van der Waals surface area contributed by atoms with E-state index >= 15 is 0 Å². The lowest BCUT2D eigenvalue weighted by molar-refractivity contribution is 0.303. The molecule has 0 bridgehead atoms. The molecule has 21 heavy (non-hydrogen) atoms. The summed E-state index contributed by atoms with van der Waals surface area (Å²) >= 11 is 0. The van der Waals surface area contributed by atoms with Crippen molar-refractivity contribution in [2.75, 3.05) is 0 Å². The van der Waals surface area contributed by atoms with Crippen LogP contribution in [0, 0.1) is 5.41 Å². The van der Waals surface area contributed by atoms with Crippen molar-refractivity contribution in [1.29, 1.82) is 0 Å². The molecule has 0 aliphatic heterocycles. The summed E-state index contributed by atoms with van der Waals surface area (Å²) in [6.07, 6.45) is 1.58. The van der Waals surface area contributed by atoms with Crippen molar-refractivity contribution < 1.29 is 5.21 Å². The van der Waals surface area contributed by atoms with Crippen molar-refractivity contribution in [1.82, 2.24) is 20.2 Å². The number of aromatic nitrogens is 4. The summed E-state index contributed by atoms with van der Waals surface area (Å²) in [7, 11) is 0. The highest BCUT2D eigenvalue weighted by Crippen LogP contribution is 2.22. The number of tetrazole rings is 1. The molecule has 0 amide bonds. The first-order chi connectivity index (χ1) is 10.0. The number of aryl methyl sites for hydroxylation is 1. The van der Waals surface area contributed by atoms with Gasteiger partial charge in [0.05, 0.1) is 6.54 Å². The van der Waals surface area contributed by atoms with Crippen molar-refractivity contribution in [3.05, 3.63) is 30.3 Å². The molecule has 0 radical (unpaired) electrons. The van der Waals surface area contributed by atoms with Gasteiger partial charge in [0.1, 0.15) is 5.84 Å². The first kappa shape index (κ1) is 15.0. The molecule has 0 aliphatic carbocycles. The monoisotopic (exact) mass is 288 g/mol. The second kappa shape index (κ2) is 6.34. The summed E-state index contributed by atoms with van der Waals surface area (Å²) in [5, 5.41) is 24.2. The highest BCUT2D eigenvalue weighted by molar-refractivity contribution is 5.85. The number of nitrogens with zero attached hydrogens (tertiary/aromatic N) is 5. The molecule has 1 aromatic heterocycles. The van der Waals surface area contributed by atoms with Gasteiger partial charge in [0.25, 0.3) is 0 Å². The van der Waals surface area contributed by atoms with E-state index in [1.807, 2.05) is 44.2 Å². The lowest BCUT2D eigenvalue weighted by Gasteiger charge is -2.22. The summed E-state index contributed by atoms with van der Waals surface area (Å²) < 4.78 is 0. The average Bonchev–Trinajstić information content (AvgIpc) is 2.96. The van der Waals surface area contributed by atoms with Gasteiger partial charge in [-0.25, -0.2) is 0 Å². The van der Waals surface area contributed by atoms with Gasteiger partial charge in [-0.05, 0) is 18.1 Å². The van der Waals surface area contributed by atoms with Gasteiger partial charge in [0.15, 0.2) is 0 Å². The van der Waals surface area contributed by atoms with Gasteiger partial charge in [-0.3, -0.25) is 0 Å². The molecule has 7 nitrogen and oxygen atoms in total. The van der Waals surface area contributed by atoms with E-state index in [1.165, 1.54) is 0 Å². The molecule has 0 saturated heterocycles. The highest BCUT2D eigenvalue weighted by Gasteiger charge is 2.23. The SMILES string of the molecule is CC(C)(CCCn1nnc(-c2ccccc2)n1)C(N)=NO. The maximum atomic E-state index is 8.74. The molecule has 1 heterocycles. The molecule has 2 aromatic rings. The van der Waals surface area contributed by atoms with Gasteiger partial charge >= 0.3 is 0 Å². The Hall–Kier alpha value is -2.44. The summed E-state index contributed by atoms with van der Waals surface area (Å²) in [4.78, 5) is 1.57. The Balaban J connectivity index is 1.92. The first-order valence-electron chi connectivity index (χ1n) is 6.84. The second-order valence-corrected chi connectivity index (χ2v) is 5.55. The lowest BCUT2D eigenvalue weighted by Crippen LogP contribution is -2.32. The second-order valence-electron chi connectivity index (χ2n) is 5.55. The normalized spacial score (nSPS) is 12.6. The summed E-state index contributed by atoms with van der Waals surface area (Å²) in [5.41, 5.74) is 6.26. The first-order valence-corrected chi connectivity index (χ1v) is 6.84. The van der Waals surface area contributed by atoms with E-state index in [4.69, 9.17) is 10.9 Å². The third kappa shape index (κ3) is 3.77. The number of benzene rings is 1. The van der Waals surface area contributed by atoms with E-state index in [9.17, 15) is 0 Å². The minimum Gasteiger partial charge on any atom is -0.409 e. The number of hydrogen-bond donors (Lipinski definition) is 2. The molecule has 0 unspecified atom stereocenters. The number of nitrogens with two attached hydrogens (primary N) is 1. The average molecular weight is 288 g/mol. The van der Waals surface area contributed by atoms with E-state index in [0.717, 1.165) is 18.4 Å². The zero-order valence-corrected chi connectivity index (χ0v) is 12.3. The Morgan fingerprint density at radius 3 is 2.71 bits per heavy atom. The van der Waals surface area contributed by atoms with Crippen molar-refractivity contribution in [3.63, 3.8) is 0 Å². The molecular formula is C14H20N6O. The molecule has 0 spiro atoms. The zero-order valence-electron chi connectivity index (χ0n) is 12.3. The van der Waals surface area contributed by atoms with Crippen LogP contribution in [0.5, 0.6) is 0 Å². The Morgan fingerprint density at radius 2 is 2.05 bits per heavy atom. The third-order valence-electron chi connectivity index (χ3n) is 3.45. The van der Waals surface area contributed by atoms with Crippen LogP contribution < -0.4 is 5.73 Å². The van der Waals surface area contributed by atoms with E-state index in [2.05, 4.69) is 20.6 Å². The van der Waals surface area contributed by atoms with E-state index < -0.39 is 0 Å². The number of hydrogen-bond acceptors (Lipinski definition) is 5. The van der Waals surface area contributed by atoms with Gasteiger partial charge < -0.3 is 10.9 Å². The Morgan fingerprint density at radius 1 is 1.33 bits per heavy atom. The van der Waals surface area contributed by atoms with Gasteiger partial charge in [-0.1, -0.05) is 49.3 Å². The number of oxime groups is 1. The van der Waals surface area contributed by atoms with Crippen molar-refractivity contribution in [3.8, 4) is 11.4 Å². The quantitative estimate of drug-likeness (QED) is 0.366. The van der Waals surface area contributed by atoms with Crippen LogP contribution in [-0.4, -0.2) is 31.3 Å². The fourth-order valence-electron chi connectivity index (χ4n) is 1.97. The van der Waals surface area contributed by atoms with Gasteiger partial charge in [0.2, 0.25) is 5.82 Å². The Bertz CT molecular complexity index is 605.